The lowest BCUT2D eigenvalue weighted by Gasteiger charge is -2.18. The third kappa shape index (κ3) is 3.17. The van der Waals surface area contributed by atoms with Gasteiger partial charge in [-0.15, -0.1) is 0 Å². The van der Waals surface area contributed by atoms with Gasteiger partial charge in [-0.25, -0.2) is 8.42 Å². The molecule has 0 saturated heterocycles. The van der Waals surface area contributed by atoms with Crippen molar-refractivity contribution in [1.29, 1.82) is 0 Å². The summed E-state index contributed by atoms with van der Waals surface area (Å²) in [5, 5.41) is 0. The normalized spacial score (nSPS) is 13.9. The molecule has 0 radical (unpaired) electrons. The number of carbonyl (C=O) groups is 1. The molecular formula is C12H14O6S. The van der Waals surface area contributed by atoms with Crippen LogP contribution in [-0.4, -0.2) is 40.5 Å². The van der Waals surface area contributed by atoms with Gasteiger partial charge in [0.05, 0.1) is 24.2 Å². The molecule has 1 aromatic rings. The minimum absolute atomic E-state index is 0.112. The highest BCUT2D eigenvalue weighted by atomic mass is 32.2. The van der Waals surface area contributed by atoms with Crippen LogP contribution in [0, 0.1) is 0 Å². The lowest BCUT2D eigenvalue weighted by atomic mass is 10.3. The molecule has 19 heavy (non-hydrogen) atoms. The van der Waals surface area contributed by atoms with E-state index in [-0.39, 0.29) is 17.1 Å². The number of ether oxygens (including phenoxy) is 3. The van der Waals surface area contributed by atoms with Crippen LogP contribution >= 0.6 is 0 Å². The topological polar surface area (TPSA) is 78.9 Å². The summed E-state index contributed by atoms with van der Waals surface area (Å²) in [6, 6.07) is 4.42. The Bertz CT molecular complexity index is 578. The second-order valence-electron chi connectivity index (χ2n) is 3.95. The van der Waals surface area contributed by atoms with Gasteiger partial charge in [-0.05, 0) is 12.1 Å². The Labute approximate surface area is 111 Å². The van der Waals surface area contributed by atoms with E-state index in [0.717, 1.165) is 0 Å². The number of esters is 1. The SMILES string of the molecule is COC(=O)CCS(=O)(=O)c1ccc2c(c1)OCCO2. The van der Waals surface area contributed by atoms with Crippen LogP contribution in [-0.2, 0) is 19.4 Å². The number of sulfone groups is 1. The number of hydrogen-bond acceptors (Lipinski definition) is 6. The predicted octanol–water partition coefficient (Wildman–Crippen LogP) is 0.795. The first-order valence-corrected chi connectivity index (χ1v) is 7.37. The summed E-state index contributed by atoms with van der Waals surface area (Å²) >= 11 is 0. The van der Waals surface area contributed by atoms with E-state index in [1.807, 2.05) is 0 Å². The number of carbonyl (C=O) groups excluding carboxylic acids is 1. The molecule has 0 fully saturated rings. The first-order chi connectivity index (χ1) is 9.03. The first-order valence-electron chi connectivity index (χ1n) is 5.72. The lowest BCUT2D eigenvalue weighted by Crippen LogP contribution is -2.16. The van der Waals surface area contributed by atoms with Crippen molar-refractivity contribution in [1.82, 2.24) is 0 Å². The summed E-state index contributed by atoms with van der Waals surface area (Å²) < 4.78 is 39.1. The number of benzene rings is 1. The zero-order chi connectivity index (χ0) is 13.9. The summed E-state index contributed by atoms with van der Waals surface area (Å²) in [5.41, 5.74) is 0. The molecule has 7 heteroatoms. The molecule has 0 unspecified atom stereocenters. The van der Waals surface area contributed by atoms with Crippen LogP contribution in [0.1, 0.15) is 6.42 Å². The van der Waals surface area contributed by atoms with Crippen molar-refractivity contribution in [2.24, 2.45) is 0 Å². The van der Waals surface area contributed by atoms with Gasteiger partial charge in [0.1, 0.15) is 13.2 Å². The summed E-state index contributed by atoms with van der Waals surface area (Å²) in [4.78, 5) is 11.1. The van der Waals surface area contributed by atoms with Crippen LogP contribution in [0.2, 0.25) is 0 Å². The fourth-order valence-electron chi connectivity index (χ4n) is 1.65. The van der Waals surface area contributed by atoms with Crippen LogP contribution in [0.5, 0.6) is 11.5 Å². The van der Waals surface area contributed by atoms with Crippen LogP contribution in [0.25, 0.3) is 0 Å². The quantitative estimate of drug-likeness (QED) is 0.762. The van der Waals surface area contributed by atoms with Gasteiger partial charge in [-0.2, -0.15) is 0 Å². The van der Waals surface area contributed by atoms with E-state index in [2.05, 4.69) is 4.74 Å². The fraction of sp³-hybridized carbons (Fsp3) is 0.417. The average Bonchev–Trinajstić information content (AvgIpc) is 2.44. The molecule has 0 aromatic heterocycles. The van der Waals surface area contributed by atoms with Crippen molar-refractivity contribution in [3.8, 4) is 11.5 Å². The Morgan fingerprint density at radius 3 is 2.63 bits per heavy atom. The van der Waals surface area contributed by atoms with E-state index in [0.29, 0.717) is 24.7 Å². The van der Waals surface area contributed by atoms with Gasteiger partial charge in [-0.1, -0.05) is 0 Å². The maximum atomic E-state index is 12.0. The molecule has 0 N–H and O–H groups in total. The largest absolute Gasteiger partial charge is 0.486 e. The lowest BCUT2D eigenvalue weighted by molar-refractivity contribution is -0.140. The molecule has 1 aliphatic rings. The van der Waals surface area contributed by atoms with E-state index < -0.39 is 15.8 Å². The second kappa shape index (κ2) is 5.48. The molecular weight excluding hydrogens is 272 g/mol. The van der Waals surface area contributed by atoms with Gasteiger partial charge < -0.3 is 14.2 Å². The Morgan fingerprint density at radius 1 is 1.26 bits per heavy atom. The Morgan fingerprint density at radius 2 is 1.95 bits per heavy atom. The van der Waals surface area contributed by atoms with E-state index in [4.69, 9.17) is 9.47 Å². The fourth-order valence-corrected chi connectivity index (χ4v) is 2.89. The molecule has 6 nitrogen and oxygen atoms in total. The molecule has 0 atom stereocenters. The van der Waals surface area contributed by atoms with Gasteiger partial charge in [0, 0.05) is 6.07 Å². The molecule has 2 rings (SSSR count). The minimum Gasteiger partial charge on any atom is -0.486 e. The predicted molar refractivity (Wildman–Crippen MR) is 66.1 cm³/mol. The molecule has 0 saturated carbocycles. The standard InChI is InChI=1S/C12H14O6S/c1-16-12(13)4-7-19(14,15)9-2-3-10-11(8-9)18-6-5-17-10/h2-3,8H,4-7H2,1H3. The van der Waals surface area contributed by atoms with E-state index >= 15 is 0 Å². The van der Waals surface area contributed by atoms with Crippen molar-refractivity contribution < 1.29 is 27.4 Å². The zero-order valence-electron chi connectivity index (χ0n) is 10.4. The van der Waals surface area contributed by atoms with Gasteiger partial charge in [0.2, 0.25) is 0 Å². The molecule has 1 heterocycles. The smallest absolute Gasteiger partial charge is 0.306 e. The minimum atomic E-state index is -3.54. The zero-order valence-corrected chi connectivity index (χ0v) is 11.2. The number of methoxy groups -OCH3 is 1. The van der Waals surface area contributed by atoms with Gasteiger partial charge in [0.15, 0.2) is 21.3 Å². The van der Waals surface area contributed by atoms with Gasteiger partial charge >= 0.3 is 5.97 Å². The van der Waals surface area contributed by atoms with Crippen molar-refractivity contribution in [2.75, 3.05) is 26.1 Å². The summed E-state index contributed by atoms with van der Waals surface area (Å²) in [6.45, 7) is 0.833. The average molecular weight is 286 g/mol. The summed E-state index contributed by atoms with van der Waals surface area (Å²) in [6.07, 6.45) is -0.173. The monoisotopic (exact) mass is 286 g/mol. The third-order valence-electron chi connectivity index (χ3n) is 2.68. The maximum absolute atomic E-state index is 12.0. The molecule has 0 aliphatic carbocycles. The summed E-state index contributed by atoms with van der Waals surface area (Å²) in [7, 11) is -2.31. The maximum Gasteiger partial charge on any atom is 0.306 e. The highest BCUT2D eigenvalue weighted by Crippen LogP contribution is 2.32. The molecule has 1 aromatic carbocycles. The van der Waals surface area contributed by atoms with Gasteiger partial charge in [-0.3, -0.25) is 4.79 Å². The van der Waals surface area contributed by atoms with E-state index in [1.54, 1.807) is 6.07 Å². The van der Waals surface area contributed by atoms with Crippen LogP contribution in [0.3, 0.4) is 0 Å². The molecule has 0 bridgehead atoms. The second-order valence-corrected chi connectivity index (χ2v) is 6.06. The number of rotatable bonds is 4. The number of hydrogen-bond donors (Lipinski definition) is 0. The Hall–Kier alpha value is -1.76. The van der Waals surface area contributed by atoms with Crippen LogP contribution in [0.4, 0.5) is 0 Å². The Kier molecular flexibility index (Phi) is 3.94. The van der Waals surface area contributed by atoms with Crippen LogP contribution < -0.4 is 9.47 Å². The molecule has 1 aliphatic heterocycles. The number of fused-ring (bicyclic) bond motifs is 1. The van der Waals surface area contributed by atoms with Crippen molar-refractivity contribution in [3.05, 3.63) is 18.2 Å². The molecule has 0 spiro atoms. The van der Waals surface area contributed by atoms with E-state index in [9.17, 15) is 13.2 Å². The highest BCUT2D eigenvalue weighted by Gasteiger charge is 2.20. The molecule has 104 valence electrons. The van der Waals surface area contributed by atoms with Crippen molar-refractivity contribution in [3.63, 3.8) is 0 Å². The Balaban J connectivity index is 2.18. The first kappa shape index (κ1) is 13.7. The highest BCUT2D eigenvalue weighted by molar-refractivity contribution is 7.91. The van der Waals surface area contributed by atoms with Crippen molar-refractivity contribution in [2.45, 2.75) is 11.3 Å². The molecule has 0 amide bonds. The summed E-state index contributed by atoms with van der Waals surface area (Å²) in [5.74, 6) is 0.0870. The van der Waals surface area contributed by atoms with E-state index in [1.165, 1.54) is 19.2 Å². The van der Waals surface area contributed by atoms with Crippen LogP contribution in [0.15, 0.2) is 23.1 Å². The van der Waals surface area contributed by atoms with Crippen molar-refractivity contribution >= 4 is 15.8 Å². The third-order valence-corrected chi connectivity index (χ3v) is 4.39. The van der Waals surface area contributed by atoms with Gasteiger partial charge in [0.25, 0.3) is 0 Å².